The van der Waals surface area contributed by atoms with E-state index < -0.39 is 5.97 Å². The standard InChI is InChI=1S/C8H16O3/c1-3-5-8(9-4-2)10-6-7-11-8/h3-7H2,1-2H3/i1D. The first-order valence-corrected chi connectivity index (χ1v) is 4.04. The average Bonchev–Trinajstić information content (AvgIpc) is 2.51. The SMILES string of the molecule is [2H]CCCC1(OCC)OCCO1. The Labute approximate surface area is 69.0 Å². The molecule has 11 heavy (non-hydrogen) atoms. The highest BCUT2D eigenvalue weighted by atomic mass is 16.9. The van der Waals surface area contributed by atoms with E-state index in [0.29, 0.717) is 33.1 Å². The number of hydrogen-bond donors (Lipinski definition) is 0. The van der Waals surface area contributed by atoms with Crippen LogP contribution in [0.1, 0.15) is 28.0 Å². The van der Waals surface area contributed by atoms with E-state index in [2.05, 4.69) is 0 Å². The molecule has 0 atom stereocenters. The summed E-state index contributed by atoms with van der Waals surface area (Å²) in [4.78, 5) is 0. The van der Waals surface area contributed by atoms with Crippen LogP contribution in [0.5, 0.6) is 0 Å². The molecule has 1 rings (SSSR count). The Morgan fingerprint density at radius 3 is 2.82 bits per heavy atom. The first-order valence-electron chi connectivity index (χ1n) is 4.75. The molecule has 0 aromatic rings. The molecule has 0 aliphatic carbocycles. The van der Waals surface area contributed by atoms with E-state index in [-0.39, 0.29) is 0 Å². The van der Waals surface area contributed by atoms with Gasteiger partial charge in [-0.1, -0.05) is 6.90 Å². The fourth-order valence-electron chi connectivity index (χ4n) is 1.17. The number of ether oxygens (including phenoxy) is 3. The maximum Gasteiger partial charge on any atom is 0.283 e. The quantitative estimate of drug-likeness (QED) is 0.625. The zero-order valence-electron chi connectivity index (χ0n) is 7.97. The lowest BCUT2D eigenvalue weighted by Gasteiger charge is -2.25. The molecule has 1 aliphatic heterocycles. The molecule has 1 saturated heterocycles. The summed E-state index contributed by atoms with van der Waals surface area (Å²) in [7, 11) is 0. The van der Waals surface area contributed by atoms with Crippen LogP contribution in [-0.2, 0) is 14.2 Å². The molecule has 1 aliphatic rings. The summed E-state index contributed by atoms with van der Waals surface area (Å²) in [5.41, 5.74) is 0. The predicted molar refractivity (Wildman–Crippen MR) is 41.2 cm³/mol. The summed E-state index contributed by atoms with van der Waals surface area (Å²) in [5, 5.41) is 0. The molecule has 0 aromatic carbocycles. The van der Waals surface area contributed by atoms with Gasteiger partial charge in [0.15, 0.2) is 0 Å². The highest BCUT2D eigenvalue weighted by molar-refractivity contribution is 4.61. The summed E-state index contributed by atoms with van der Waals surface area (Å²) in [6, 6.07) is 0. The van der Waals surface area contributed by atoms with E-state index >= 15 is 0 Å². The second-order valence-electron chi connectivity index (χ2n) is 2.42. The summed E-state index contributed by atoms with van der Waals surface area (Å²) in [6.07, 6.45) is 1.41. The van der Waals surface area contributed by atoms with Gasteiger partial charge >= 0.3 is 0 Å². The molecule has 1 heterocycles. The van der Waals surface area contributed by atoms with Crippen LogP contribution in [0.25, 0.3) is 0 Å². The Kier molecular flexibility index (Phi) is 2.77. The van der Waals surface area contributed by atoms with Gasteiger partial charge in [0, 0.05) is 14.4 Å². The summed E-state index contributed by atoms with van der Waals surface area (Å²) < 4.78 is 23.1. The van der Waals surface area contributed by atoms with Crippen LogP contribution in [0.3, 0.4) is 0 Å². The Bertz CT molecular complexity index is 123. The van der Waals surface area contributed by atoms with Crippen molar-refractivity contribution in [2.75, 3.05) is 19.8 Å². The van der Waals surface area contributed by atoms with Crippen molar-refractivity contribution in [3.63, 3.8) is 0 Å². The smallest absolute Gasteiger partial charge is 0.283 e. The molecule has 0 amide bonds. The second-order valence-corrected chi connectivity index (χ2v) is 2.42. The average molecular weight is 161 g/mol. The highest BCUT2D eigenvalue weighted by Crippen LogP contribution is 2.25. The lowest BCUT2D eigenvalue weighted by atomic mass is 10.3. The van der Waals surface area contributed by atoms with Gasteiger partial charge in [-0.25, -0.2) is 0 Å². The van der Waals surface area contributed by atoms with Gasteiger partial charge in [-0.05, 0) is 13.3 Å². The zero-order valence-corrected chi connectivity index (χ0v) is 6.97. The predicted octanol–water partition coefficient (Wildman–Crippen LogP) is 1.52. The Morgan fingerprint density at radius 1 is 1.55 bits per heavy atom. The molecular weight excluding hydrogens is 144 g/mol. The molecule has 0 bridgehead atoms. The van der Waals surface area contributed by atoms with Gasteiger partial charge in [0.2, 0.25) is 0 Å². The third-order valence-corrected chi connectivity index (χ3v) is 1.57. The van der Waals surface area contributed by atoms with Crippen molar-refractivity contribution in [2.45, 2.75) is 32.6 Å². The molecule has 0 radical (unpaired) electrons. The van der Waals surface area contributed by atoms with Gasteiger partial charge < -0.3 is 14.2 Å². The maximum atomic E-state index is 7.02. The van der Waals surface area contributed by atoms with Gasteiger partial charge in [0.05, 0.1) is 13.2 Å². The first kappa shape index (κ1) is 7.53. The number of hydrogen-bond acceptors (Lipinski definition) is 3. The summed E-state index contributed by atoms with van der Waals surface area (Å²) in [5.74, 6) is -0.824. The molecule has 3 nitrogen and oxygen atoms in total. The third kappa shape index (κ3) is 2.15. The van der Waals surface area contributed by atoms with Crippen LogP contribution in [0.4, 0.5) is 0 Å². The summed E-state index contributed by atoms with van der Waals surface area (Å²) >= 11 is 0. The van der Waals surface area contributed by atoms with Gasteiger partial charge in [-0.15, -0.1) is 0 Å². The topological polar surface area (TPSA) is 27.7 Å². The van der Waals surface area contributed by atoms with Crippen LogP contribution >= 0.6 is 0 Å². The molecule has 0 unspecified atom stereocenters. The lowest BCUT2D eigenvalue weighted by Crippen LogP contribution is -2.33. The van der Waals surface area contributed by atoms with E-state index in [1.165, 1.54) is 0 Å². The Balaban J connectivity index is 2.35. The van der Waals surface area contributed by atoms with Crippen molar-refractivity contribution in [3.05, 3.63) is 0 Å². The molecular formula is C8H16O3. The van der Waals surface area contributed by atoms with Crippen LogP contribution in [-0.4, -0.2) is 25.8 Å². The normalized spacial score (nSPS) is 23.5. The molecule has 0 aromatic heterocycles. The van der Waals surface area contributed by atoms with Crippen molar-refractivity contribution in [1.82, 2.24) is 0 Å². The van der Waals surface area contributed by atoms with Crippen molar-refractivity contribution in [2.24, 2.45) is 0 Å². The van der Waals surface area contributed by atoms with Gasteiger partial charge in [-0.3, -0.25) is 0 Å². The van der Waals surface area contributed by atoms with Gasteiger partial charge in [0.1, 0.15) is 0 Å². The largest absolute Gasteiger partial charge is 0.328 e. The second kappa shape index (κ2) is 4.04. The van der Waals surface area contributed by atoms with Crippen molar-refractivity contribution >= 4 is 0 Å². The minimum absolute atomic E-state index is 0.390. The Hall–Kier alpha value is -0.120. The minimum atomic E-state index is -0.824. The van der Waals surface area contributed by atoms with Crippen LogP contribution in [0.2, 0.25) is 0 Å². The summed E-state index contributed by atoms with van der Waals surface area (Å²) in [6.45, 7) is 4.07. The van der Waals surface area contributed by atoms with E-state index in [9.17, 15) is 0 Å². The van der Waals surface area contributed by atoms with Crippen LogP contribution < -0.4 is 0 Å². The van der Waals surface area contributed by atoms with E-state index in [4.69, 9.17) is 15.6 Å². The lowest BCUT2D eigenvalue weighted by molar-refractivity contribution is -0.332. The van der Waals surface area contributed by atoms with Gasteiger partial charge in [0.25, 0.3) is 5.97 Å². The van der Waals surface area contributed by atoms with Crippen molar-refractivity contribution in [3.8, 4) is 0 Å². The van der Waals surface area contributed by atoms with E-state index in [0.717, 1.165) is 6.42 Å². The molecule has 3 heteroatoms. The molecule has 0 spiro atoms. The van der Waals surface area contributed by atoms with E-state index in [1.54, 1.807) is 0 Å². The van der Waals surface area contributed by atoms with Gasteiger partial charge in [-0.2, -0.15) is 0 Å². The highest BCUT2D eigenvalue weighted by Gasteiger charge is 2.36. The van der Waals surface area contributed by atoms with Crippen molar-refractivity contribution in [1.29, 1.82) is 0 Å². The zero-order chi connectivity index (χ0) is 8.86. The molecule has 0 saturated carbocycles. The molecule has 1 fully saturated rings. The minimum Gasteiger partial charge on any atom is -0.328 e. The molecule has 66 valence electrons. The number of rotatable bonds is 4. The van der Waals surface area contributed by atoms with E-state index in [1.807, 2.05) is 6.92 Å². The Morgan fingerprint density at radius 2 is 2.27 bits per heavy atom. The van der Waals surface area contributed by atoms with Crippen molar-refractivity contribution < 1.29 is 15.6 Å². The third-order valence-electron chi connectivity index (χ3n) is 1.57. The fraction of sp³-hybridized carbons (Fsp3) is 1.00. The maximum absolute atomic E-state index is 7.02. The fourth-order valence-corrected chi connectivity index (χ4v) is 1.17. The van der Waals surface area contributed by atoms with Crippen LogP contribution in [0, 0.1) is 0 Å². The first-order chi connectivity index (χ1) is 5.83. The molecule has 0 N–H and O–H groups in total. The van der Waals surface area contributed by atoms with Crippen LogP contribution in [0.15, 0.2) is 0 Å². The monoisotopic (exact) mass is 161 g/mol.